The van der Waals surface area contributed by atoms with Crippen LogP contribution in [0.4, 0.5) is 0 Å². The molecule has 0 amide bonds. The third kappa shape index (κ3) is 3.29. The van der Waals surface area contributed by atoms with Crippen LogP contribution in [-0.2, 0) is 21.0 Å². The molecule has 0 aliphatic heterocycles. The molecule has 0 saturated carbocycles. The second kappa shape index (κ2) is 4.87. The van der Waals surface area contributed by atoms with Crippen molar-refractivity contribution in [3.8, 4) is 0 Å². The molecular weight excluding hydrogens is 240 g/mol. The zero-order valence-electron chi connectivity index (χ0n) is 9.24. The molecule has 2 rings (SSSR count). The summed E-state index contributed by atoms with van der Waals surface area (Å²) < 4.78 is 27.6. The number of aryl methyl sites for hydroxylation is 1. The van der Waals surface area contributed by atoms with Gasteiger partial charge < -0.3 is 4.57 Å². The largest absolute Gasteiger partial charge is 0.347 e. The van der Waals surface area contributed by atoms with E-state index < -0.39 is 10.3 Å². The molecule has 0 atom stereocenters. The van der Waals surface area contributed by atoms with Gasteiger partial charge in [0, 0.05) is 18.3 Å². The molecule has 0 unspecified atom stereocenters. The van der Waals surface area contributed by atoms with Crippen LogP contribution in [0.2, 0.25) is 0 Å². The van der Waals surface area contributed by atoms with Crippen LogP contribution in [0.25, 0.3) is 10.9 Å². The SMILES string of the molecule is NS(=O)(=O)OCCCn1ccc2ccccc21. The van der Waals surface area contributed by atoms with Crippen molar-refractivity contribution in [2.75, 3.05) is 6.61 Å². The van der Waals surface area contributed by atoms with Crippen molar-refractivity contribution >= 4 is 21.2 Å². The Morgan fingerprint density at radius 1 is 1.24 bits per heavy atom. The number of nitrogens with two attached hydrogens (primary N) is 1. The Kier molecular flexibility index (Phi) is 3.46. The van der Waals surface area contributed by atoms with Gasteiger partial charge in [0.1, 0.15) is 0 Å². The molecule has 0 bridgehead atoms. The van der Waals surface area contributed by atoms with Crippen molar-refractivity contribution < 1.29 is 12.6 Å². The Bertz CT molecular complexity index is 604. The molecule has 2 N–H and O–H groups in total. The average molecular weight is 254 g/mol. The number of hydrogen-bond donors (Lipinski definition) is 1. The molecular formula is C11H14N2O3S. The van der Waals surface area contributed by atoms with Crippen LogP contribution >= 0.6 is 0 Å². The first kappa shape index (κ1) is 12.1. The van der Waals surface area contributed by atoms with Gasteiger partial charge in [-0.3, -0.25) is 4.18 Å². The fraction of sp³-hybridized carbons (Fsp3) is 0.273. The van der Waals surface area contributed by atoms with Crippen LogP contribution in [0.15, 0.2) is 36.5 Å². The lowest BCUT2D eigenvalue weighted by atomic mass is 10.2. The maximum atomic E-state index is 10.6. The summed E-state index contributed by atoms with van der Waals surface area (Å²) in [5.74, 6) is 0. The first-order valence-electron chi connectivity index (χ1n) is 5.27. The quantitative estimate of drug-likeness (QED) is 0.816. The number of fused-ring (bicyclic) bond motifs is 1. The van der Waals surface area contributed by atoms with E-state index in [2.05, 4.69) is 8.75 Å². The van der Waals surface area contributed by atoms with Crippen molar-refractivity contribution in [3.05, 3.63) is 36.5 Å². The van der Waals surface area contributed by atoms with Crippen molar-refractivity contribution in [2.24, 2.45) is 5.14 Å². The van der Waals surface area contributed by atoms with Gasteiger partial charge in [-0.1, -0.05) is 18.2 Å². The summed E-state index contributed by atoms with van der Waals surface area (Å²) in [6.45, 7) is 0.800. The summed E-state index contributed by atoms with van der Waals surface area (Å²) >= 11 is 0. The number of aromatic nitrogens is 1. The fourth-order valence-corrected chi connectivity index (χ4v) is 2.10. The van der Waals surface area contributed by atoms with Gasteiger partial charge in [0.2, 0.25) is 0 Å². The molecule has 0 saturated heterocycles. The Morgan fingerprint density at radius 2 is 2.00 bits per heavy atom. The summed E-state index contributed by atoms with van der Waals surface area (Å²) in [6.07, 6.45) is 2.57. The minimum Gasteiger partial charge on any atom is -0.347 e. The Hall–Kier alpha value is -1.37. The lowest BCUT2D eigenvalue weighted by Gasteiger charge is -2.05. The van der Waals surface area contributed by atoms with Gasteiger partial charge in [-0.05, 0) is 23.9 Å². The molecule has 6 heteroatoms. The lowest BCUT2D eigenvalue weighted by molar-refractivity contribution is 0.305. The van der Waals surface area contributed by atoms with Crippen molar-refractivity contribution in [1.82, 2.24) is 4.57 Å². The summed E-state index contributed by atoms with van der Waals surface area (Å²) in [6, 6.07) is 10.0. The lowest BCUT2D eigenvalue weighted by Crippen LogP contribution is -2.17. The van der Waals surface area contributed by atoms with E-state index in [-0.39, 0.29) is 6.61 Å². The Balaban J connectivity index is 1.96. The van der Waals surface area contributed by atoms with Crippen molar-refractivity contribution in [3.63, 3.8) is 0 Å². The minimum atomic E-state index is -3.82. The number of nitrogens with zero attached hydrogens (tertiary/aromatic N) is 1. The van der Waals surface area contributed by atoms with Gasteiger partial charge in [0.05, 0.1) is 6.61 Å². The fourth-order valence-electron chi connectivity index (χ4n) is 1.75. The highest BCUT2D eigenvalue weighted by Gasteiger charge is 2.03. The van der Waals surface area contributed by atoms with E-state index in [4.69, 9.17) is 5.14 Å². The summed E-state index contributed by atoms with van der Waals surface area (Å²) in [5, 5.41) is 5.90. The van der Waals surface area contributed by atoms with E-state index in [1.54, 1.807) is 0 Å². The molecule has 0 spiro atoms. The highest BCUT2D eigenvalue weighted by molar-refractivity contribution is 7.84. The molecule has 17 heavy (non-hydrogen) atoms. The predicted molar refractivity (Wildman–Crippen MR) is 65.6 cm³/mol. The highest BCUT2D eigenvalue weighted by atomic mass is 32.2. The molecule has 1 aromatic heterocycles. The zero-order chi connectivity index (χ0) is 12.3. The van der Waals surface area contributed by atoms with Gasteiger partial charge in [-0.2, -0.15) is 8.42 Å². The van der Waals surface area contributed by atoms with E-state index in [1.807, 2.05) is 36.5 Å². The molecule has 92 valence electrons. The molecule has 0 fully saturated rings. The Morgan fingerprint density at radius 3 is 2.76 bits per heavy atom. The van der Waals surface area contributed by atoms with E-state index in [1.165, 1.54) is 5.39 Å². The molecule has 0 radical (unpaired) electrons. The summed E-state index contributed by atoms with van der Waals surface area (Å²) in [5.41, 5.74) is 1.13. The molecule has 1 aromatic carbocycles. The van der Waals surface area contributed by atoms with Crippen molar-refractivity contribution in [2.45, 2.75) is 13.0 Å². The number of para-hydroxylation sites is 1. The second-order valence-electron chi connectivity index (χ2n) is 3.74. The van der Waals surface area contributed by atoms with Crippen molar-refractivity contribution in [1.29, 1.82) is 0 Å². The summed E-state index contributed by atoms with van der Waals surface area (Å²) in [7, 11) is -3.82. The predicted octanol–water partition coefficient (Wildman–Crippen LogP) is 1.25. The Labute approximate surface area is 100 Å². The van der Waals surface area contributed by atoms with Gasteiger partial charge >= 0.3 is 10.3 Å². The second-order valence-corrected chi connectivity index (χ2v) is 4.96. The standard InChI is InChI=1S/C11H14N2O3S/c12-17(14,15)16-9-3-7-13-8-6-10-4-1-2-5-11(10)13/h1-2,4-6,8H,3,7,9H2,(H2,12,14,15). The maximum Gasteiger partial charge on any atom is 0.333 e. The van der Waals surface area contributed by atoms with E-state index in [0.717, 1.165) is 5.52 Å². The van der Waals surface area contributed by atoms with Gasteiger partial charge in [-0.25, -0.2) is 5.14 Å². The molecule has 5 nitrogen and oxygen atoms in total. The molecule has 1 heterocycles. The third-order valence-electron chi connectivity index (χ3n) is 2.47. The smallest absolute Gasteiger partial charge is 0.333 e. The van der Waals surface area contributed by atoms with Crippen LogP contribution in [0.3, 0.4) is 0 Å². The van der Waals surface area contributed by atoms with Crippen LogP contribution in [-0.4, -0.2) is 19.6 Å². The number of benzene rings is 1. The topological polar surface area (TPSA) is 74.3 Å². The molecule has 0 aliphatic carbocycles. The first-order chi connectivity index (χ1) is 8.06. The molecule has 2 aromatic rings. The average Bonchev–Trinajstić information content (AvgIpc) is 2.67. The van der Waals surface area contributed by atoms with E-state index in [9.17, 15) is 8.42 Å². The van der Waals surface area contributed by atoms with Crippen LogP contribution in [0.5, 0.6) is 0 Å². The van der Waals surface area contributed by atoms with Crippen LogP contribution in [0, 0.1) is 0 Å². The summed E-state index contributed by atoms with van der Waals surface area (Å²) in [4.78, 5) is 0. The van der Waals surface area contributed by atoms with Crippen LogP contribution < -0.4 is 5.14 Å². The minimum absolute atomic E-state index is 0.103. The first-order valence-corrected chi connectivity index (χ1v) is 6.74. The monoisotopic (exact) mass is 254 g/mol. The van der Waals surface area contributed by atoms with Gasteiger partial charge in [0.15, 0.2) is 0 Å². The van der Waals surface area contributed by atoms with E-state index >= 15 is 0 Å². The normalized spacial score (nSPS) is 12.1. The highest BCUT2D eigenvalue weighted by Crippen LogP contribution is 2.15. The number of hydrogen-bond acceptors (Lipinski definition) is 3. The van der Waals surface area contributed by atoms with E-state index in [0.29, 0.717) is 13.0 Å². The maximum absolute atomic E-state index is 10.6. The van der Waals surface area contributed by atoms with Crippen LogP contribution in [0.1, 0.15) is 6.42 Å². The number of rotatable bonds is 5. The third-order valence-corrected chi connectivity index (χ3v) is 2.97. The molecule has 0 aliphatic rings. The van der Waals surface area contributed by atoms with Gasteiger partial charge in [0.25, 0.3) is 0 Å². The van der Waals surface area contributed by atoms with Gasteiger partial charge in [-0.15, -0.1) is 0 Å². The zero-order valence-corrected chi connectivity index (χ0v) is 10.1.